The minimum atomic E-state index is -0.688. The number of aromatic hydroxyl groups is 1. The van der Waals surface area contributed by atoms with Gasteiger partial charge in [-0.05, 0) is 35.9 Å². The predicted molar refractivity (Wildman–Crippen MR) is 66.8 cm³/mol. The van der Waals surface area contributed by atoms with Crippen molar-refractivity contribution in [1.29, 1.82) is 0 Å². The fraction of sp³-hybridized carbons (Fsp3) is 0.0769. The second kappa shape index (κ2) is 5.23. The molecule has 0 heterocycles. The lowest BCUT2D eigenvalue weighted by molar-refractivity contribution is 0.432. The fourth-order valence-corrected chi connectivity index (χ4v) is 1.74. The number of rotatable bonds is 3. The van der Waals surface area contributed by atoms with Crippen LogP contribution in [-0.4, -0.2) is 5.11 Å². The van der Waals surface area contributed by atoms with Crippen LogP contribution >= 0.6 is 11.6 Å². The highest BCUT2D eigenvalue weighted by atomic mass is 35.5. The van der Waals surface area contributed by atoms with E-state index in [0.717, 1.165) is 0 Å². The summed E-state index contributed by atoms with van der Waals surface area (Å²) >= 11 is 5.70. The number of hydrogen-bond donors (Lipinski definition) is 2. The largest absolute Gasteiger partial charge is 0.505 e. The Kier molecular flexibility index (Phi) is 3.67. The van der Waals surface area contributed by atoms with Gasteiger partial charge in [0.2, 0.25) is 0 Å². The van der Waals surface area contributed by atoms with Crippen molar-refractivity contribution < 1.29 is 13.9 Å². The molecule has 2 aromatic rings. The zero-order valence-electron chi connectivity index (χ0n) is 9.25. The summed E-state index contributed by atoms with van der Waals surface area (Å²) in [5, 5.41) is 12.2. The van der Waals surface area contributed by atoms with Crippen LogP contribution in [0.2, 0.25) is 5.02 Å². The van der Waals surface area contributed by atoms with Crippen LogP contribution in [0.25, 0.3) is 0 Å². The molecule has 0 spiro atoms. The lowest BCUT2D eigenvalue weighted by Crippen LogP contribution is -2.00. The predicted octanol–water partition coefficient (Wildman–Crippen LogP) is 3.94. The first-order valence-corrected chi connectivity index (χ1v) is 5.60. The van der Waals surface area contributed by atoms with Gasteiger partial charge in [-0.2, -0.15) is 0 Å². The van der Waals surface area contributed by atoms with Gasteiger partial charge in [0.1, 0.15) is 5.82 Å². The van der Waals surface area contributed by atoms with E-state index in [0.29, 0.717) is 17.8 Å². The summed E-state index contributed by atoms with van der Waals surface area (Å²) in [4.78, 5) is 0. The first-order valence-electron chi connectivity index (χ1n) is 5.22. The second-order valence-corrected chi connectivity index (χ2v) is 4.23. The first kappa shape index (κ1) is 12.6. The minimum absolute atomic E-state index is 0.286. The molecule has 0 radical (unpaired) electrons. The summed E-state index contributed by atoms with van der Waals surface area (Å²) in [6.07, 6.45) is 0. The van der Waals surface area contributed by atoms with Crippen LogP contribution < -0.4 is 5.32 Å². The first-order chi connectivity index (χ1) is 8.54. The highest BCUT2D eigenvalue weighted by Gasteiger charge is 2.03. The van der Waals surface area contributed by atoms with Gasteiger partial charge >= 0.3 is 0 Å². The van der Waals surface area contributed by atoms with Crippen molar-refractivity contribution in [3.05, 3.63) is 58.6 Å². The van der Waals surface area contributed by atoms with E-state index in [-0.39, 0.29) is 5.02 Å². The van der Waals surface area contributed by atoms with E-state index in [1.54, 1.807) is 12.1 Å². The lowest BCUT2D eigenvalue weighted by atomic mass is 10.2. The van der Waals surface area contributed by atoms with Crippen LogP contribution in [0.15, 0.2) is 36.4 Å². The Bertz CT molecular complexity index is 555. The molecule has 0 unspecified atom stereocenters. The number of halogens is 3. The molecule has 2 N–H and O–H groups in total. The van der Waals surface area contributed by atoms with E-state index < -0.39 is 17.4 Å². The van der Waals surface area contributed by atoms with Crippen molar-refractivity contribution in [1.82, 2.24) is 0 Å². The average molecular weight is 270 g/mol. The highest BCUT2D eigenvalue weighted by Crippen LogP contribution is 2.20. The van der Waals surface area contributed by atoms with Gasteiger partial charge in [-0.3, -0.25) is 0 Å². The molecule has 0 aliphatic heterocycles. The van der Waals surface area contributed by atoms with Crippen LogP contribution in [0, 0.1) is 11.6 Å². The number of phenolic OH excluding ortho intramolecular Hbond substituents is 1. The summed E-state index contributed by atoms with van der Waals surface area (Å²) in [5.74, 6) is -1.53. The molecule has 0 bridgehead atoms. The Morgan fingerprint density at radius 3 is 2.56 bits per heavy atom. The molecule has 0 aromatic heterocycles. The Morgan fingerprint density at radius 2 is 1.89 bits per heavy atom. The van der Waals surface area contributed by atoms with Gasteiger partial charge in [-0.15, -0.1) is 0 Å². The van der Waals surface area contributed by atoms with E-state index in [4.69, 9.17) is 16.7 Å². The van der Waals surface area contributed by atoms with E-state index in [1.807, 2.05) is 0 Å². The monoisotopic (exact) mass is 269 g/mol. The summed E-state index contributed by atoms with van der Waals surface area (Å²) < 4.78 is 26.1. The minimum Gasteiger partial charge on any atom is -0.505 e. The Labute approximate surface area is 108 Å². The standard InChI is InChI=1S/C13H10ClF2NO/c14-9-4-10(15)6-11(5-9)17-7-8-1-2-13(18)12(16)3-8/h1-6,17-18H,7H2. The van der Waals surface area contributed by atoms with Crippen LogP contribution in [0.3, 0.4) is 0 Å². The fourth-order valence-electron chi connectivity index (χ4n) is 1.52. The van der Waals surface area contributed by atoms with Crippen LogP contribution in [0.1, 0.15) is 5.56 Å². The maximum absolute atomic E-state index is 13.1. The smallest absolute Gasteiger partial charge is 0.165 e. The topological polar surface area (TPSA) is 32.3 Å². The molecule has 0 amide bonds. The number of nitrogens with one attached hydrogen (secondary N) is 1. The molecule has 5 heteroatoms. The molecule has 0 aliphatic rings. The molecule has 94 valence electrons. The van der Waals surface area contributed by atoms with Crippen molar-refractivity contribution in [2.24, 2.45) is 0 Å². The van der Waals surface area contributed by atoms with Crippen LogP contribution in [0.4, 0.5) is 14.5 Å². The van der Waals surface area contributed by atoms with E-state index in [2.05, 4.69) is 5.32 Å². The normalized spacial score (nSPS) is 10.4. The molecule has 2 aromatic carbocycles. The van der Waals surface area contributed by atoms with Crippen molar-refractivity contribution >= 4 is 17.3 Å². The van der Waals surface area contributed by atoms with Gasteiger partial charge in [0.25, 0.3) is 0 Å². The molecule has 0 fully saturated rings. The van der Waals surface area contributed by atoms with Gasteiger partial charge < -0.3 is 10.4 Å². The zero-order valence-corrected chi connectivity index (χ0v) is 10.0. The van der Waals surface area contributed by atoms with Gasteiger partial charge in [-0.25, -0.2) is 8.78 Å². The molecule has 2 rings (SSSR count). The average Bonchev–Trinajstić information content (AvgIpc) is 2.29. The van der Waals surface area contributed by atoms with Gasteiger partial charge in [0.15, 0.2) is 11.6 Å². The van der Waals surface area contributed by atoms with Crippen molar-refractivity contribution in [3.8, 4) is 5.75 Å². The third kappa shape index (κ3) is 3.11. The van der Waals surface area contributed by atoms with Crippen molar-refractivity contribution in [2.75, 3.05) is 5.32 Å². The maximum Gasteiger partial charge on any atom is 0.165 e. The Morgan fingerprint density at radius 1 is 1.11 bits per heavy atom. The summed E-state index contributed by atoms with van der Waals surface area (Å²) in [5.41, 5.74) is 1.14. The zero-order chi connectivity index (χ0) is 13.1. The molecule has 0 saturated carbocycles. The summed E-state index contributed by atoms with van der Waals surface area (Å²) in [6, 6.07) is 8.12. The van der Waals surface area contributed by atoms with Gasteiger partial charge in [0.05, 0.1) is 0 Å². The van der Waals surface area contributed by atoms with E-state index >= 15 is 0 Å². The summed E-state index contributed by atoms with van der Waals surface area (Å²) in [6.45, 7) is 0.303. The Hall–Kier alpha value is -1.81. The maximum atomic E-state index is 13.1. The summed E-state index contributed by atoms with van der Waals surface area (Å²) in [7, 11) is 0. The third-order valence-corrected chi connectivity index (χ3v) is 2.59. The van der Waals surface area contributed by atoms with Gasteiger partial charge in [0, 0.05) is 17.3 Å². The number of hydrogen-bond acceptors (Lipinski definition) is 2. The Balaban J connectivity index is 2.08. The lowest BCUT2D eigenvalue weighted by Gasteiger charge is -2.07. The van der Waals surface area contributed by atoms with Crippen molar-refractivity contribution in [3.63, 3.8) is 0 Å². The van der Waals surface area contributed by atoms with Gasteiger partial charge in [-0.1, -0.05) is 17.7 Å². The molecule has 0 saturated heterocycles. The third-order valence-electron chi connectivity index (χ3n) is 2.37. The SMILES string of the molecule is Oc1ccc(CNc2cc(F)cc(Cl)c2)cc1F. The number of anilines is 1. The molecule has 0 aliphatic carbocycles. The quantitative estimate of drug-likeness (QED) is 0.885. The van der Waals surface area contributed by atoms with Crippen LogP contribution in [-0.2, 0) is 6.54 Å². The second-order valence-electron chi connectivity index (χ2n) is 3.80. The molecular weight excluding hydrogens is 260 g/mol. The highest BCUT2D eigenvalue weighted by molar-refractivity contribution is 6.30. The molecule has 18 heavy (non-hydrogen) atoms. The molecule has 2 nitrogen and oxygen atoms in total. The molecular formula is C13H10ClF2NO. The van der Waals surface area contributed by atoms with Crippen LogP contribution in [0.5, 0.6) is 5.75 Å². The number of benzene rings is 2. The number of phenols is 1. The van der Waals surface area contributed by atoms with E-state index in [1.165, 1.54) is 24.3 Å². The van der Waals surface area contributed by atoms with Crippen molar-refractivity contribution in [2.45, 2.75) is 6.54 Å². The molecule has 0 atom stereocenters. The van der Waals surface area contributed by atoms with E-state index in [9.17, 15) is 8.78 Å².